The molecule has 29 heavy (non-hydrogen) atoms. The van der Waals surface area contributed by atoms with E-state index in [1.165, 1.54) is 16.5 Å². The van der Waals surface area contributed by atoms with Gasteiger partial charge in [0.2, 0.25) is 5.91 Å². The minimum absolute atomic E-state index is 0.118. The Morgan fingerprint density at radius 1 is 0.966 bits per heavy atom. The molecular formula is C24H24N2O2S. The van der Waals surface area contributed by atoms with Gasteiger partial charge in [0.05, 0.1) is 4.88 Å². The highest BCUT2D eigenvalue weighted by Gasteiger charge is 2.33. The summed E-state index contributed by atoms with van der Waals surface area (Å²) in [5.74, 6) is 0.482. The summed E-state index contributed by atoms with van der Waals surface area (Å²) in [6.07, 6.45) is 1.83. The lowest BCUT2D eigenvalue weighted by molar-refractivity contribution is -0.127. The summed E-state index contributed by atoms with van der Waals surface area (Å²) in [6, 6.07) is 16.7. The fourth-order valence-electron chi connectivity index (χ4n) is 4.72. The first-order chi connectivity index (χ1) is 14.1. The second-order valence-corrected chi connectivity index (χ2v) is 9.09. The number of carbonyl (C=O) groups excluding carboxylic acids is 2. The van der Waals surface area contributed by atoms with Crippen LogP contribution in [0, 0.1) is 0 Å². The van der Waals surface area contributed by atoms with E-state index in [0.29, 0.717) is 13.1 Å². The number of hydrogen-bond donors (Lipinski definition) is 0. The molecule has 0 bridgehead atoms. The van der Waals surface area contributed by atoms with Gasteiger partial charge in [0.1, 0.15) is 0 Å². The van der Waals surface area contributed by atoms with E-state index >= 15 is 0 Å². The van der Waals surface area contributed by atoms with Crippen LogP contribution in [0.15, 0.2) is 48.5 Å². The summed E-state index contributed by atoms with van der Waals surface area (Å²) in [5, 5.41) is 1.17. The minimum Gasteiger partial charge on any atom is -0.342 e. The van der Waals surface area contributed by atoms with Crippen LogP contribution in [0.25, 0.3) is 10.1 Å². The Bertz CT molecular complexity index is 1100. The maximum absolute atomic E-state index is 13.6. The standard InChI is InChI=1S/C24H24N2O2S/c1-16(27)25-12-11-19(15-25)22-20-8-4-5-9-21(20)29-23(22)24(28)26-13-10-17-6-2-3-7-18(17)14-26/h2-9,19H,10-15H2,1H3. The molecule has 0 saturated carbocycles. The zero-order chi connectivity index (χ0) is 20.0. The molecule has 0 spiro atoms. The molecule has 2 aliphatic heterocycles. The largest absolute Gasteiger partial charge is 0.342 e. The Labute approximate surface area is 174 Å². The van der Waals surface area contributed by atoms with Crippen LogP contribution in [0.1, 0.15) is 45.6 Å². The number of amides is 2. The smallest absolute Gasteiger partial charge is 0.264 e. The van der Waals surface area contributed by atoms with Crippen molar-refractivity contribution in [1.82, 2.24) is 9.80 Å². The van der Waals surface area contributed by atoms with E-state index in [9.17, 15) is 9.59 Å². The monoisotopic (exact) mass is 404 g/mol. The fourth-order valence-corrected chi connectivity index (χ4v) is 5.98. The normalized spacial score (nSPS) is 18.9. The van der Waals surface area contributed by atoms with Crippen molar-refractivity contribution in [2.24, 2.45) is 0 Å². The zero-order valence-corrected chi connectivity index (χ0v) is 17.4. The third kappa shape index (κ3) is 3.23. The average molecular weight is 405 g/mol. The van der Waals surface area contributed by atoms with Gasteiger partial charge in [0, 0.05) is 43.7 Å². The molecule has 5 rings (SSSR count). The molecule has 2 amide bonds. The van der Waals surface area contributed by atoms with Gasteiger partial charge in [-0.1, -0.05) is 42.5 Å². The predicted molar refractivity (Wildman–Crippen MR) is 116 cm³/mol. The zero-order valence-electron chi connectivity index (χ0n) is 16.6. The Kier molecular flexibility index (Phi) is 4.63. The van der Waals surface area contributed by atoms with Crippen molar-refractivity contribution in [2.75, 3.05) is 19.6 Å². The Morgan fingerprint density at radius 3 is 2.52 bits per heavy atom. The molecular weight excluding hydrogens is 380 g/mol. The van der Waals surface area contributed by atoms with Gasteiger partial charge in [-0.3, -0.25) is 9.59 Å². The topological polar surface area (TPSA) is 40.6 Å². The van der Waals surface area contributed by atoms with Gasteiger partial charge in [0.25, 0.3) is 5.91 Å². The predicted octanol–water partition coefficient (Wildman–Crippen LogP) is 4.44. The van der Waals surface area contributed by atoms with Gasteiger partial charge < -0.3 is 9.80 Å². The number of carbonyl (C=O) groups is 2. The highest BCUT2D eigenvalue weighted by molar-refractivity contribution is 7.21. The van der Waals surface area contributed by atoms with E-state index in [-0.39, 0.29) is 17.7 Å². The van der Waals surface area contributed by atoms with E-state index in [4.69, 9.17) is 0 Å². The number of nitrogens with zero attached hydrogens (tertiary/aromatic N) is 2. The molecule has 5 heteroatoms. The number of likely N-dealkylation sites (tertiary alicyclic amines) is 1. The van der Waals surface area contributed by atoms with Gasteiger partial charge in [-0.25, -0.2) is 0 Å². The molecule has 2 aromatic carbocycles. The lowest BCUT2D eigenvalue weighted by atomic mass is 9.94. The summed E-state index contributed by atoms with van der Waals surface area (Å²) >= 11 is 1.61. The van der Waals surface area contributed by atoms with Gasteiger partial charge in [-0.05, 0) is 41.0 Å². The van der Waals surface area contributed by atoms with Crippen LogP contribution in [0.5, 0.6) is 0 Å². The van der Waals surface area contributed by atoms with Crippen molar-refractivity contribution in [1.29, 1.82) is 0 Å². The Hall–Kier alpha value is -2.66. The van der Waals surface area contributed by atoms with Gasteiger partial charge in [-0.15, -0.1) is 11.3 Å². The van der Waals surface area contributed by atoms with Gasteiger partial charge in [-0.2, -0.15) is 0 Å². The third-order valence-electron chi connectivity index (χ3n) is 6.29. The highest BCUT2D eigenvalue weighted by Crippen LogP contribution is 2.41. The summed E-state index contributed by atoms with van der Waals surface area (Å²) in [7, 11) is 0. The number of benzene rings is 2. The highest BCUT2D eigenvalue weighted by atomic mass is 32.1. The number of rotatable bonds is 2. The molecule has 4 nitrogen and oxygen atoms in total. The maximum Gasteiger partial charge on any atom is 0.264 e. The Balaban J connectivity index is 1.52. The van der Waals surface area contributed by atoms with Crippen LogP contribution >= 0.6 is 11.3 Å². The fraction of sp³-hybridized carbons (Fsp3) is 0.333. The molecule has 1 saturated heterocycles. The van der Waals surface area contributed by atoms with E-state index in [0.717, 1.165) is 41.1 Å². The van der Waals surface area contributed by atoms with Crippen LogP contribution in [-0.2, 0) is 17.8 Å². The lowest BCUT2D eigenvalue weighted by Crippen LogP contribution is -2.36. The first-order valence-electron chi connectivity index (χ1n) is 10.2. The van der Waals surface area contributed by atoms with Gasteiger partial charge >= 0.3 is 0 Å². The first-order valence-corrected chi connectivity index (χ1v) is 11.1. The van der Waals surface area contributed by atoms with Crippen molar-refractivity contribution < 1.29 is 9.59 Å². The maximum atomic E-state index is 13.6. The van der Waals surface area contributed by atoms with E-state index in [1.54, 1.807) is 18.3 Å². The summed E-state index contributed by atoms with van der Waals surface area (Å²) in [4.78, 5) is 30.3. The lowest BCUT2D eigenvalue weighted by Gasteiger charge is -2.29. The van der Waals surface area contributed by atoms with E-state index in [2.05, 4.69) is 30.3 Å². The quantitative estimate of drug-likeness (QED) is 0.634. The van der Waals surface area contributed by atoms with Crippen molar-refractivity contribution >= 4 is 33.2 Å². The van der Waals surface area contributed by atoms with Crippen molar-refractivity contribution in [2.45, 2.75) is 32.2 Å². The van der Waals surface area contributed by atoms with Crippen molar-refractivity contribution in [3.05, 3.63) is 70.1 Å². The second kappa shape index (κ2) is 7.30. The molecule has 0 radical (unpaired) electrons. The molecule has 1 aromatic heterocycles. The SMILES string of the molecule is CC(=O)N1CCC(c2c(C(=O)N3CCc4ccccc4C3)sc3ccccc23)C1. The average Bonchev–Trinajstić information content (AvgIpc) is 3.37. The molecule has 2 aliphatic rings. The first kappa shape index (κ1) is 18.4. The Morgan fingerprint density at radius 2 is 1.72 bits per heavy atom. The van der Waals surface area contributed by atoms with Crippen LogP contribution in [0.3, 0.4) is 0 Å². The molecule has 0 N–H and O–H groups in total. The van der Waals surface area contributed by atoms with Gasteiger partial charge in [0.15, 0.2) is 0 Å². The van der Waals surface area contributed by atoms with Crippen molar-refractivity contribution in [3.8, 4) is 0 Å². The molecule has 1 atom stereocenters. The van der Waals surface area contributed by atoms with Crippen LogP contribution < -0.4 is 0 Å². The second-order valence-electron chi connectivity index (χ2n) is 8.04. The van der Waals surface area contributed by atoms with Crippen molar-refractivity contribution in [3.63, 3.8) is 0 Å². The molecule has 1 fully saturated rings. The number of fused-ring (bicyclic) bond motifs is 2. The molecule has 1 unspecified atom stereocenters. The molecule has 148 valence electrons. The molecule has 3 heterocycles. The number of thiophene rings is 1. The molecule has 0 aliphatic carbocycles. The number of hydrogen-bond acceptors (Lipinski definition) is 3. The van der Waals surface area contributed by atoms with Crippen LogP contribution in [0.4, 0.5) is 0 Å². The summed E-state index contributed by atoms with van der Waals surface area (Å²) < 4.78 is 1.16. The minimum atomic E-state index is 0.118. The third-order valence-corrected chi connectivity index (χ3v) is 7.46. The van der Waals surface area contributed by atoms with Crippen LogP contribution in [0.2, 0.25) is 0 Å². The van der Waals surface area contributed by atoms with E-state index in [1.807, 2.05) is 28.0 Å². The summed E-state index contributed by atoms with van der Waals surface area (Å²) in [6.45, 7) is 4.54. The van der Waals surface area contributed by atoms with Crippen LogP contribution in [-0.4, -0.2) is 41.2 Å². The van der Waals surface area contributed by atoms with E-state index < -0.39 is 0 Å². The summed E-state index contributed by atoms with van der Waals surface area (Å²) in [5.41, 5.74) is 3.75. The molecule has 3 aromatic rings.